The van der Waals surface area contributed by atoms with Crippen molar-refractivity contribution in [2.75, 3.05) is 37.8 Å². The highest BCUT2D eigenvalue weighted by molar-refractivity contribution is 8.13. The minimum absolute atomic E-state index is 0.00162. The van der Waals surface area contributed by atoms with E-state index >= 15 is 0 Å². The van der Waals surface area contributed by atoms with Gasteiger partial charge in [-0.1, -0.05) is 83.9 Å². The van der Waals surface area contributed by atoms with E-state index in [1.165, 1.54) is 20.3 Å². The van der Waals surface area contributed by atoms with Crippen LogP contribution in [-0.4, -0.2) is 109 Å². The zero-order valence-corrected chi connectivity index (χ0v) is 38.7. The Morgan fingerprint density at radius 3 is 2.25 bits per heavy atom. The first-order valence-electron chi connectivity index (χ1n) is 20.1. The molecule has 1 saturated heterocycles. The van der Waals surface area contributed by atoms with E-state index in [1.54, 1.807) is 0 Å². The number of aliphatic carboxylic acids is 1. The smallest absolute Gasteiger partial charge is 0.274 e. The third-order valence-electron chi connectivity index (χ3n) is 9.64. The number of aliphatic hydroxyl groups is 2. The highest BCUT2D eigenvalue weighted by Crippen LogP contribution is 2.56. The number of hydrogen-bond acceptors (Lipinski definition) is 24. The van der Waals surface area contributed by atoms with Gasteiger partial charge in [-0.2, -0.15) is 0 Å². The van der Waals surface area contributed by atoms with Crippen LogP contribution >= 0.6 is 35.2 Å². The number of carboxylic acids is 1. The zero-order valence-electron chi connectivity index (χ0n) is 35.2. The summed E-state index contributed by atoms with van der Waals surface area (Å²) >= 11 is 0.752. The van der Waals surface area contributed by atoms with E-state index < -0.39 is 102 Å². The van der Waals surface area contributed by atoms with Crippen LogP contribution in [0, 0.1) is 11.3 Å². The van der Waals surface area contributed by atoms with E-state index in [0.29, 0.717) is 6.42 Å². The molecule has 3 unspecified atom stereocenters. The van der Waals surface area contributed by atoms with Crippen LogP contribution < -0.4 is 41.0 Å². The molecule has 0 radical (unpaired) electrons. The molecule has 1 fully saturated rings. The first-order valence-corrected chi connectivity index (χ1v) is 25.4. The van der Waals surface area contributed by atoms with Crippen LogP contribution in [0.25, 0.3) is 11.2 Å². The Labute approximate surface area is 372 Å². The summed E-state index contributed by atoms with van der Waals surface area (Å²) in [7, 11) is -17.7. The number of nitrogens with zero attached hydrogens (tertiary/aromatic N) is 4. The van der Waals surface area contributed by atoms with Gasteiger partial charge in [0.25, 0.3) is 15.6 Å². The van der Waals surface area contributed by atoms with Gasteiger partial charge < -0.3 is 78.9 Å². The summed E-state index contributed by atoms with van der Waals surface area (Å²) in [5, 5.41) is 37.2. The van der Waals surface area contributed by atoms with Crippen LogP contribution in [0.15, 0.2) is 12.7 Å². The number of carbonyl (C=O) groups excluding carboxylic acids is 4. The first-order chi connectivity index (χ1) is 29.9. The molecule has 64 heavy (non-hydrogen) atoms. The molecule has 6 N–H and O–H groups in total. The maximum Gasteiger partial charge on any atom is 0.274 e. The Balaban J connectivity index is 1.41. The van der Waals surface area contributed by atoms with Crippen LogP contribution in [-0.2, 0) is 55.5 Å². The van der Waals surface area contributed by atoms with Gasteiger partial charge in [0.05, 0.1) is 39.3 Å². The first kappa shape index (κ1) is 55.4. The van der Waals surface area contributed by atoms with Crippen molar-refractivity contribution in [1.29, 1.82) is 0 Å². The minimum Gasteiger partial charge on any atom is -0.790 e. The second kappa shape index (κ2) is 25.2. The number of phosphoric ester groups is 3. The molecule has 2 aromatic rings. The van der Waals surface area contributed by atoms with Crippen molar-refractivity contribution in [1.82, 2.24) is 30.2 Å². The summed E-state index contributed by atoms with van der Waals surface area (Å²) in [6, 6.07) is 0. The van der Waals surface area contributed by atoms with Crippen LogP contribution in [0.4, 0.5) is 5.82 Å². The Morgan fingerprint density at radius 2 is 1.61 bits per heavy atom. The summed E-state index contributed by atoms with van der Waals surface area (Å²) in [5.41, 5.74) is 4.00. The molecule has 0 spiro atoms. The van der Waals surface area contributed by atoms with Crippen molar-refractivity contribution in [3.8, 4) is 0 Å². The van der Waals surface area contributed by atoms with Crippen molar-refractivity contribution in [2.24, 2.45) is 11.3 Å². The van der Waals surface area contributed by atoms with Gasteiger partial charge in [-0.25, -0.2) is 19.3 Å². The lowest BCUT2D eigenvalue weighted by Crippen LogP contribution is -2.46. The number of anilines is 1. The third kappa shape index (κ3) is 18.0. The molecule has 0 bridgehead atoms. The molecule has 8 atom stereocenters. The second-order valence-corrected chi connectivity index (χ2v) is 20.4. The number of thioether (sulfide) groups is 1. The molecule has 3 rings (SSSR count). The van der Waals surface area contributed by atoms with E-state index in [2.05, 4.69) is 50.4 Å². The summed E-state index contributed by atoms with van der Waals surface area (Å²) < 4.78 is 60.6. The average Bonchev–Trinajstić information content (AvgIpc) is 3.76. The van der Waals surface area contributed by atoms with E-state index in [9.17, 15) is 67.8 Å². The van der Waals surface area contributed by atoms with Gasteiger partial charge in [-0.3, -0.25) is 28.1 Å². The molecule has 3 heterocycles. The number of fused-ring (bicyclic) bond motifs is 1. The maximum absolute atomic E-state index is 12.6. The Bertz CT molecular complexity index is 2030. The van der Waals surface area contributed by atoms with Gasteiger partial charge in [0, 0.05) is 30.7 Å². The summed E-state index contributed by atoms with van der Waals surface area (Å²) in [6.07, 6.45) is 0.335. The van der Waals surface area contributed by atoms with Crippen molar-refractivity contribution >= 4 is 75.1 Å². The average molecular weight is 989 g/mol. The SMILES string of the molecule is CCCCCCCCCCC(C(=O)[O-])C(=O)SCCNC(=O)CCNC(=O)[C@H](O)C(C)(C)COP(=O)([O-])OP(=O)([O-])OC[C@H]1O[C@@H](n2cnc3c(N)ncnc32)[C@H](O)[C@@H]1OP(=O)([O-])[O-]. The number of hydrogen-bond donors (Lipinski definition) is 5. The lowest BCUT2D eigenvalue weighted by Gasteiger charge is -2.36. The van der Waals surface area contributed by atoms with Gasteiger partial charge in [0.15, 0.2) is 22.8 Å². The van der Waals surface area contributed by atoms with Crippen LogP contribution in [0.5, 0.6) is 0 Å². The lowest BCUT2D eigenvalue weighted by atomic mass is 9.87. The third-order valence-corrected chi connectivity index (χ3v) is 13.6. The second-order valence-electron chi connectivity index (χ2n) is 15.3. The largest absolute Gasteiger partial charge is 0.790 e. The van der Waals surface area contributed by atoms with E-state index in [4.69, 9.17) is 10.5 Å². The Morgan fingerprint density at radius 1 is 0.969 bits per heavy atom. The van der Waals surface area contributed by atoms with Gasteiger partial charge in [-0.15, -0.1) is 0 Å². The number of carbonyl (C=O) groups is 4. The van der Waals surface area contributed by atoms with Crippen molar-refractivity contribution in [2.45, 2.75) is 116 Å². The van der Waals surface area contributed by atoms with Gasteiger partial charge in [-0.05, 0) is 6.42 Å². The molecule has 30 heteroatoms. The number of rotatable bonds is 30. The molecule has 2 aromatic heterocycles. The van der Waals surface area contributed by atoms with Crippen molar-refractivity contribution in [3.63, 3.8) is 0 Å². The highest BCUT2D eigenvalue weighted by Gasteiger charge is 2.47. The fraction of sp³-hybridized carbons (Fsp3) is 0.735. The predicted octanol–water partition coefficient (Wildman–Crippen LogP) is -1.97. The number of nitrogen functional groups attached to an aromatic ring is 1. The number of aromatic nitrogens is 4. The number of phosphoric acid groups is 3. The quantitative estimate of drug-likeness (QED) is 0.0322. The number of nitrogens with two attached hydrogens (primary N) is 1. The number of amides is 2. The van der Waals surface area contributed by atoms with Crippen molar-refractivity contribution in [3.05, 3.63) is 12.7 Å². The molecule has 2 amide bonds. The summed E-state index contributed by atoms with van der Waals surface area (Å²) in [6.45, 7) is 1.85. The van der Waals surface area contributed by atoms with Gasteiger partial charge in [0.2, 0.25) is 11.8 Å². The van der Waals surface area contributed by atoms with Crippen LogP contribution in [0.1, 0.15) is 91.2 Å². The minimum atomic E-state index is -5.95. The maximum atomic E-state index is 12.6. The Hall–Kier alpha value is -2.97. The van der Waals surface area contributed by atoms with E-state index in [-0.39, 0.29) is 48.7 Å². The molecular weight excluding hydrogens is 935 g/mol. The van der Waals surface area contributed by atoms with Crippen LogP contribution in [0.3, 0.4) is 0 Å². The molecule has 0 saturated carbocycles. The molecule has 1 aliphatic rings. The van der Waals surface area contributed by atoms with E-state index in [0.717, 1.165) is 67.5 Å². The number of unbranched alkanes of at least 4 members (excludes halogenated alkanes) is 7. The summed E-state index contributed by atoms with van der Waals surface area (Å²) in [4.78, 5) is 108. The number of imidazole rings is 1. The summed E-state index contributed by atoms with van der Waals surface area (Å²) in [5.74, 6) is -4.35. The van der Waals surface area contributed by atoms with Gasteiger partial charge >= 0.3 is 0 Å². The fourth-order valence-electron chi connectivity index (χ4n) is 6.17. The molecular formula is C34H53N7O19P3S-5. The zero-order chi connectivity index (χ0) is 47.9. The predicted molar refractivity (Wildman–Crippen MR) is 214 cm³/mol. The van der Waals surface area contributed by atoms with Crippen molar-refractivity contribution < 1.29 is 90.4 Å². The monoisotopic (exact) mass is 988 g/mol. The number of ether oxygens (including phenoxy) is 1. The number of aliphatic hydroxyl groups excluding tert-OH is 2. The molecule has 1 aliphatic heterocycles. The molecule has 26 nitrogen and oxygen atoms in total. The van der Waals surface area contributed by atoms with E-state index in [1.807, 2.05) is 0 Å². The molecule has 364 valence electrons. The number of carboxylic acid groups (broad SMARTS) is 1. The highest BCUT2D eigenvalue weighted by atomic mass is 32.2. The van der Waals surface area contributed by atoms with Crippen LogP contribution in [0.2, 0.25) is 0 Å². The standard InChI is InChI=1S/C34H58N7O19P3S/c1-4-5-6-7-8-9-10-11-12-21(32(46)47)33(48)64-16-15-36-23(42)13-14-37-30(45)27(44)34(2,3)18-57-63(54,55)60-62(52,53)56-17-22-26(59-61(49,50)51)25(43)31(58-22)41-20-40-24-28(35)38-19-39-29(24)41/h19-22,25-27,31,43-44H,4-18H2,1-3H3,(H,36,42)(H,37,45)(H,46,47)(H,52,53)(H,54,55)(H2,35,38,39)(H2,49,50,51)/p-5/t21?,22-,25-,26-,27+,31-/m1/s1. The molecule has 0 aliphatic carbocycles. The number of nitrogens with one attached hydrogen (secondary N) is 2. The normalized spacial score (nSPS) is 20.9. The topological polar surface area (TPSA) is 415 Å². The lowest BCUT2D eigenvalue weighted by molar-refractivity contribution is -0.347. The Kier molecular flexibility index (Phi) is 21.8. The van der Waals surface area contributed by atoms with Gasteiger partial charge in [0.1, 0.15) is 36.3 Å². The fourth-order valence-corrected chi connectivity index (χ4v) is 9.73. The molecule has 0 aromatic carbocycles.